The van der Waals surface area contributed by atoms with Crippen LogP contribution in [0.2, 0.25) is 0 Å². The molecule has 6 nitrogen and oxygen atoms in total. The number of rotatable bonds is 4. The van der Waals surface area contributed by atoms with Crippen LogP contribution in [0.25, 0.3) is 0 Å². The summed E-state index contributed by atoms with van der Waals surface area (Å²) in [4.78, 5) is 6.84. The Morgan fingerprint density at radius 1 is 1.40 bits per heavy atom. The molecule has 1 aliphatic heterocycles. The number of likely N-dealkylation sites (N-methyl/N-ethyl adjacent to an activating group) is 1. The second kappa shape index (κ2) is 5.79. The van der Waals surface area contributed by atoms with Gasteiger partial charge in [0.05, 0.1) is 6.61 Å². The lowest BCUT2D eigenvalue weighted by molar-refractivity contribution is -0.0334. The first-order chi connectivity index (χ1) is 9.68. The lowest BCUT2D eigenvalue weighted by atomic mass is 9.95. The molecular formula is C14H24N4O2. The number of morpholine rings is 1. The second-order valence-electron chi connectivity index (χ2n) is 6.05. The highest BCUT2D eigenvalue weighted by Gasteiger charge is 2.32. The average Bonchev–Trinajstić information content (AvgIpc) is 3.09. The molecule has 0 aromatic carbocycles. The van der Waals surface area contributed by atoms with E-state index in [1.165, 1.54) is 12.8 Å². The quantitative estimate of drug-likeness (QED) is 0.895. The van der Waals surface area contributed by atoms with Crippen LogP contribution in [0.1, 0.15) is 50.4 Å². The van der Waals surface area contributed by atoms with Gasteiger partial charge in [-0.2, -0.15) is 4.98 Å². The number of nitrogens with two attached hydrogens (primary N) is 1. The molecule has 0 radical (unpaired) electrons. The molecule has 112 valence electrons. The maximum Gasteiger partial charge on any atom is 0.228 e. The third kappa shape index (κ3) is 3.02. The third-order valence-electron chi connectivity index (χ3n) is 4.47. The Kier molecular flexibility index (Phi) is 4.05. The van der Waals surface area contributed by atoms with Crippen LogP contribution in [0.4, 0.5) is 0 Å². The number of aromatic nitrogens is 2. The lowest BCUT2D eigenvalue weighted by Crippen LogP contribution is -2.39. The number of hydrogen-bond donors (Lipinski definition) is 1. The van der Waals surface area contributed by atoms with Crippen molar-refractivity contribution >= 4 is 0 Å². The van der Waals surface area contributed by atoms with Crippen LogP contribution >= 0.6 is 0 Å². The Bertz CT molecular complexity index is 442. The number of hydrogen-bond acceptors (Lipinski definition) is 6. The minimum Gasteiger partial charge on any atom is -0.367 e. The molecule has 2 fully saturated rings. The molecule has 2 N–H and O–H groups in total. The summed E-state index contributed by atoms with van der Waals surface area (Å²) in [5.41, 5.74) is 6.21. The van der Waals surface area contributed by atoms with Crippen molar-refractivity contribution in [1.82, 2.24) is 15.0 Å². The van der Waals surface area contributed by atoms with Crippen molar-refractivity contribution in [3.8, 4) is 0 Å². The minimum atomic E-state index is -0.146. The van der Waals surface area contributed by atoms with E-state index in [1.807, 2.05) is 0 Å². The van der Waals surface area contributed by atoms with E-state index in [-0.39, 0.29) is 11.6 Å². The Morgan fingerprint density at radius 3 is 2.95 bits per heavy atom. The van der Waals surface area contributed by atoms with E-state index in [1.54, 1.807) is 0 Å². The normalized spacial score (nSPS) is 27.0. The van der Waals surface area contributed by atoms with Gasteiger partial charge in [0, 0.05) is 25.0 Å². The highest BCUT2D eigenvalue weighted by molar-refractivity contribution is 5.00. The molecule has 20 heavy (non-hydrogen) atoms. The predicted molar refractivity (Wildman–Crippen MR) is 74.2 cm³/mol. The third-order valence-corrected chi connectivity index (χ3v) is 4.47. The van der Waals surface area contributed by atoms with E-state index in [2.05, 4.69) is 22.0 Å². The maximum absolute atomic E-state index is 6.36. The van der Waals surface area contributed by atoms with Crippen molar-refractivity contribution in [2.24, 2.45) is 5.73 Å². The number of ether oxygens (including phenoxy) is 1. The van der Waals surface area contributed by atoms with Crippen LogP contribution in [0.3, 0.4) is 0 Å². The average molecular weight is 280 g/mol. The summed E-state index contributed by atoms with van der Waals surface area (Å²) in [6.07, 6.45) is 5.12. The summed E-state index contributed by atoms with van der Waals surface area (Å²) in [6, 6.07) is 0. The van der Waals surface area contributed by atoms with Gasteiger partial charge in [-0.3, -0.25) is 4.90 Å². The van der Waals surface area contributed by atoms with Crippen molar-refractivity contribution in [3.05, 3.63) is 11.7 Å². The zero-order valence-corrected chi connectivity index (χ0v) is 12.2. The molecule has 1 aromatic heterocycles. The predicted octanol–water partition coefficient (Wildman–Crippen LogP) is 1.28. The van der Waals surface area contributed by atoms with Gasteiger partial charge >= 0.3 is 0 Å². The topological polar surface area (TPSA) is 77.4 Å². The van der Waals surface area contributed by atoms with Crippen LogP contribution in [-0.4, -0.2) is 46.8 Å². The van der Waals surface area contributed by atoms with Gasteiger partial charge in [0.2, 0.25) is 11.7 Å². The fourth-order valence-electron chi connectivity index (χ4n) is 3.17. The summed E-state index contributed by atoms with van der Waals surface area (Å²) in [5, 5.41) is 4.09. The summed E-state index contributed by atoms with van der Waals surface area (Å²) < 4.78 is 11.1. The molecule has 2 aliphatic rings. The molecule has 1 unspecified atom stereocenters. The second-order valence-corrected chi connectivity index (χ2v) is 6.05. The fourth-order valence-corrected chi connectivity index (χ4v) is 3.17. The van der Waals surface area contributed by atoms with Gasteiger partial charge in [-0.1, -0.05) is 24.9 Å². The monoisotopic (exact) mass is 280 g/mol. The SMILES string of the molecule is CCN1CCOC(c2noc(CC3(N)CCCC3)n2)C1. The van der Waals surface area contributed by atoms with Crippen molar-refractivity contribution in [1.29, 1.82) is 0 Å². The Morgan fingerprint density at radius 2 is 2.20 bits per heavy atom. The smallest absolute Gasteiger partial charge is 0.228 e. The highest BCUT2D eigenvalue weighted by Crippen LogP contribution is 2.30. The first-order valence-corrected chi connectivity index (χ1v) is 7.64. The van der Waals surface area contributed by atoms with Crippen LogP contribution in [0, 0.1) is 0 Å². The first kappa shape index (κ1) is 14.0. The molecular weight excluding hydrogens is 256 g/mol. The van der Waals surface area contributed by atoms with Gasteiger partial charge in [0.1, 0.15) is 6.10 Å². The highest BCUT2D eigenvalue weighted by atomic mass is 16.5. The van der Waals surface area contributed by atoms with Gasteiger partial charge in [0.15, 0.2) is 0 Å². The molecule has 6 heteroatoms. The van der Waals surface area contributed by atoms with Crippen molar-refractivity contribution < 1.29 is 9.26 Å². The van der Waals surface area contributed by atoms with Gasteiger partial charge < -0.3 is 15.0 Å². The van der Waals surface area contributed by atoms with Crippen LogP contribution < -0.4 is 5.73 Å². The van der Waals surface area contributed by atoms with E-state index < -0.39 is 0 Å². The van der Waals surface area contributed by atoms with Crippen LogP contribution in [-0.2, 0) is 11.2 Å². The van der Waals surface area contributed by atoms with E-state index in [9.17, 15) is 0 Å². The van der Waals surface area contributed by atoms with E-state index in [0.717, 1.165) is 39.1 Å². The molecule has 1 aliphatic carbocycles. The Labute approximate surface area is 119 Å². The molecule has 1 aromatic rings. The van der Waals surface area contributed by atoms with Crippen LogP contribution in [0.5, 0.6) is 0 Å². The van der Waals surface area contributed by atoms with E-state index in [0.29, 0.717) is 18.1 Å². The summed E-state index contributed by atoms with van der Waals surface area (Å²) >= 11 is 0. The van der Waals surface area contributed by atoms with E-state index in [4.69, 9.17) is 15.0 Å². The van der Waals surface area contributed by atoms with Crippen molar-refractivity contribution in [2.75, 3.05) is 26.2 Å². The molecule has 1 saturated carbocycles. The zero-order valence-electron chi connectivity index (χ0n) is 12.2. The number of nitrogens with zero attached hydrogens (tertiary/aromatic N) is 3. The fraction of sp³-hybridized carbons (Fsp3) is 0.857. The van der Waals surface area contributed by atoms with Crippen molar-refractivity contribution in [3.63, 3.8) is 0 Å². The lowest BCUT2D eigenvalue weighted by Gasteiger charge is -2.30. The zero-order chi connectivity index (χ0) is 14.0. The first-order valence-electron chi connectivity index (χ1n) is 7.64. The van der Waals surface area contributed by atoms with Crippen molar-refractivity contribution in [2.45, 2.75) is 50.7 Å². The molecule has 2 heterocycles. The van der Waals surface area contributed by atoms with Gasteiger partial charge in [-0.15, -0.1) is 0 Å². The molecule has 0 bridgehead atoms. The molecule has 0 amide bonds. The maximum atomic E-state index is 6.36. The van der Waals surface area contributed by atoms with Crippen LogP contribution in [0.15, 0.2) is 4.52 Å². The minimum absolute atomic E-state index is 0.0708. The van der Waals surface area contributed by atoms with Gasteiger partial charge in [-0.05, 0) is 19.4 Å². The Hall–Kier alpha value is -0.980. The molecule has 3 rings (SSSR count). The van der Waals surface area contributed by atoms with E-state index >= 15 is 0 Å². The summed E-state index contributed by atoms with van der Waals surface area (Å²) in [5.74, 6) is 1.32. The standard InChI is InChI=1S/C14H24N4O2/c1-2-18-7-8-19-11(10-18)13-16-12(20-17-13)9-14(15)5-3-4-6-14/h11H,2-10,15H2,1H3. The molecule has 0 spiro atoms. The van der Waals surface area contributed by atoms with Gasteiger partial charge in [0.25, 0.3) is 0 Å². The van der Waals surface area contributed by atoms with Gasteiger partial charge in [-0.25, -0.2) is 0 Å². The Balaban J connectivity index is 1.64. The molecule has 1 atom stereocenters. The summed E-state index contributed by atoms with van der Waals surface area (Å²) in [6.45, 7) is 5.72. The molecule has 1 saturated heterocycles. The largest absolute Gasteiger partial charge is 0.367 e. The summed E-state index contributed by atoms with van der Waals surface area (Å²) in [7, 11) is 0.